The van der Waals surface area contributed by atoms with Gasteiger partial charge in [0.05, 0.1) is 18.4 Å². The van der Waals surface area contributed by atoms with Crippen molar-refractivity contribution in [2.75, 3.05) is 18.0 Å². The molecule has 1 saturated heterocycles. The van der Waals surface area contributed by atoms with Crippen LogP contribution in [0.4, 0.5) is 5.88 Å². The second kappa shape index (κ2) is 8.78. The molecule has 6 heteroatoms. The van der Waals surface area contributed by atoms with E-state index in [1.165, 1.54) is 11.8 Å². The van der Waals surface area contributed by atoms with Crippen LogP contribution in [0.2, 0.25) is 0 Å². The van der Waals surface area contributed by atoms with Gasteiger partial charge in [0.15, 0.2) is 5.76 Å². The lowest BCUT2D eigenvalue weighted by molar-refractivity contribution is 0.0639. The highest BCUT2D eigenvalue weighted by Crippen LogP contribution is 2.35. The maximum absolute atomic E-state index is 13.2. The summed E-state index contributed by atoms with van der Waals surface area (Å²) in [4.78, 5) is 17.3. The Morgan fingerprint density at radius 3 is 2.57 bits per heavy atom. The molecule has 6 nitrogen and oxygen atoms in total. The highest BCUT2D eigenvalue weighted by atomic mass is 16.5. The lowest BCUT2D eigenvalue weighted by Crippen LogP contribution is -2.38. The van der Waals surface area contributed by atoms with Crippen molar-refractivity contribution < 1.29 is 13.7 Å². The third kappa shape index (κ3) is 3.99. The summed E-state index contributed by atoms with van der Waals surface area (Å²) in [5, 5.41) is 4.44. The van der Waals surface area contributed by atoms with Crippen LogP contribution in [-0.4, -0.2) is 35.1 Å². The molecule has 1 aliphatic rings. The molecule has 1 fully saturated rings. The van der Waals surface area contributed by atoms with Crippen molar-refractivity contribution in [1.82, 2.24) is 10.1 Å². The fourth-order valence-electron chi connectivity index (χ4n) is 3.91. The van der Waals surface area contributed by atoms with E-state index in [0.717, 1.165) is 55.1 Å². The van der Waals surface area contributed by atoms with Crippen molar-refractivity contribution in [2.45, 2.75) is 52.6 Å². The molecule has 4 rings (SSSR count). The molecule has 1 atom stereocenters. The zero-order valence-corrected chi connectivity index (χ0v) is 17.9. The Morgan fingerprint density at radius 1 is 1.20 bits per heavy atom. The molecule has 3 aromatic rings. The van der Waals surface area contributed by atoms with E-state index in [1.807, 2.05) is 4.90 Å². The van der Waals surface area contributed by atoms with Crippen LogP contribution < -0.4 is 4.90 Å². The summed E-state index contributed by atoms with van der Waals surface area (Å²) in [6, 6.07) is 11.8. The van der Waals surface area contributed by atoms with Crippen LogP contribution >= 0.6 is 0 Å². The number of benzene rings is 1. The Balaban J connectivity index is 1.75. The highest BCUT2D eigenvalue weighted by Gasteiger charge is 2.30. The molecule has 0 saturated carbocycles. The van der Waals surface area contributed by atoms with E-state index in [2.05, 4.69) is 55.1 Å². The number of amides is 1. The van der Waals surface area contributed by atoms with Gasteiger partial charge in [-0.05, 0) is 45.2 Å². The Kier molecular flexibility index (Phi) is 5.93. The first-order valence-corrected chi connectivity index (χ1v) is 10.7. The molecule has 0 N–H and O–H groups in total. The van der Waals surface area contributed by atoms with Crippen LogP contribution in [0.5, 0.6) is 0 Å². The van der Waals surface area contributed by atoms with Crippen LogP contribution in [0.3, 0.4) is 0 Å². The Hall–Kier alpha value is -3.02. The van der Waals surface area contributed by atoms with E-state index in [9.17, 15) is 4.79 Å². The average Bonchev–Trinajstić information content (AvgIpc) is 3.53. The van der Waals surface area contributed by atoms with Crippen molar-refractivity contribution in [3.05, 3.63) is 59.5 Å². The summed E-state index contributed by atoms with van der Waals surface area (Å²) >= 11 is 0. The molecule has 30 heavy (non-hydrogen) atoms. The van der Waals surface area contributed by atoms with Crippen LogP contribution in [0.15, 0.2) is 51.6 Å². The van der Waals surface area contributed by atoms with Gasteiger partial charge in [-0.1, -0.05) is 41.9 Å². The molecule has 158 valence electrons. The van der Waals surface area contributed by atoms with Gasteiger partial charge >= 0.3 is 0 Å². The largest absolute Gasteiger partial charge is 0.459 e. The summed E-state index contributed by atoms with van der Waals surface area (Å²) < 4.78 is 11.3. The van der Waals surface area contributed by atoms with Gasteiger partial charge in [0.1, 0.15) is 5.69 Å². The number of hydrogen-bond acceptors (Lipinski definition) is 5. The minimum absolute atomic E-state index is 0.0507. The standard InChI is InChI=1S/C24H29N3O3/c1-4-18(3)27(23(28)21-8-7-15-29-21)16-20-22(19-11-9-17(2)10-12-19)25-30-24(20)26-13-5-6-14-26/h7-12,15,18H,4-6,13-14,16H2,1-3H3. The molecule has 1 aliphatic heterocycles. The summed E-state index contributed by atoms with van der Waals surface area (Å²) in [6.45, 7) is 8.54. The smallest absolute Gasteiger partial charge is 0.290 e. The van der Waals surface area contributed by atoms with Gasteiger partial charge in [0.2, 0.25) is 5.88 Å². The van der Waals surface area contributed by atoms with Crippen LogP contribution in [-0.2, 0) is 6.54 Å². The molecule has 3 heterocycles. The van der Waals surface area contributed by atoms with Crippen molar-refractivity contribution >= 4 is 11.8 Å². The minimum atomic E-state index is -0.113. The Morgan fingerprint density at radius 2 is 1.93 bits per heavy atom. The van der Waals surface area contributed by atoms with Gasteiger partial charge in [-0.3, -0.25) is 4.79 Å². The fraction of sp³-hybridized carbons (Fsp3) is 0.417. The summed E-state index contributed by atoms with van der Waals surface area (Å²) in [6.07, 6.45) is 4.66. The normalized spacial score (nSPS) is 14.8. The van der Waals surface area contributed by atoms with E-state index in [4.69, 9.17) is 8.94 Å². The lowest BCUT2D eigenvalue weighted by atomic mass is 10.0. The number of carbonyl (C=O) groups excluding carboxylic acids is 1. The topological polar surface area (TPSA) is 62.7 Å². The van der Waals surface area contributed by atoms with Crippen molar-refractivity contribution in [1.29, 1.82) is 0 Å². The number of aryl methyl sites for hydroxylation is 1. The van der Waals surface area contributed by atoms with Gasteiger partial charge in [-0.25, -0.2) is 0 Å². The molecule has 0 radical (unpaired) electrons. The van der Waals surface area contributed by atoms with Gasteiger partial charge < -0.3 is 18.7 Å². The average molecular weight is 408 g/mol. The monoisotopic (exact) mass is 407 g/mol. The highest BCUT2D eigenvalue weighted by molar-refractivity contribution is 5.91. The number of aromatic nitrogens is 1. The predicted octanol–water partition coefficient (Wildman–Crippen LogP) is 5.28. The second-order valence-electron chi connectivity index (χ2n) is 8.04. The maximum Gasteiger partial charge on any atom is 0.290 e. The van der Waals surface area contributed by atoms with Crippen LogP contribution in [0.1, 0.15) is 54.8 Å². The molecule has 2 aromatic heterocycles. The minimum Gasteiger partial charge on any atom is -0.459 e. The Bertz CT molecular complexity index is 970. The van der Waals surface area contributed by atoms with E-state index in [0.29, 0.717) is 12.3 Å². The molecule has 1 amide bonds. The SMILES string of the molecule is CCC(C)N(Cc1c(-c2ccc(C)cc2)noc1N1CCCC1)C(=O)c1ccco1. The van der Waals surface area contributed by atoms with E-state index >= 15 is 0 Å². The molecule has 0 bridgehead atoms. The molecule has 0 aliphatic carbocycles. The van der Waals surface area contributed by atoms with Gasteiger partial charge in [0.25, 0.3) is 5.91 Å². The zero-order chi connectivity index (χ0) is 21.1. The Labute approximate surface area is 177 Å². The van der Waals surface area contributed by atoms with Crippen molar-refractivity contribution in [3.63, 3.8) is 0 Å². The number of nitrogens with zero attached hydrogens (tertiary/aromatic N) is 3. The van der Waals surface area contributed by atoms with Crippen LogP contribution in [0.25, 0.3) is 11.3 Å². The van der Waals surface area contributed by atoms with Crippen molar-refractivity contribution in [3.8, 4) is 11.3 Å². The third-order valence-corrected chi connectivity index (χ3v) is 5.93. The number of furan rings is 1. The zero-order valence-electron chi connectivity index (χ0n) is 17.9. The third-order valence-electron chi connectivity index (χ3n) is 5.93. The van der Waals surface area contributed by atoms with E-state index in [-0.39, 0.29) is 11.9 Å². The number of rotatable bonds is 7. The molecule has 1 unspecified atom stereocenters. The first-order valence-electron chi connectivity index (χ1n) is 10.7. The quantitative estimate of drug-likeness (QED) is 0.533. The van der Waals surface area contributed by atoms with Crippen LogP contribution in [0, 0.1) is 6.92 Å². The summed E-state index contributed by atoms with van der Waals surface area (Å²) in [5.74, 6) is 1.02. The number of carbonyl (C=O) groups is 1. The number of anilines is 1. The van der Waals surface area contributed by atoms with Crippen molar-refractivity contribution in [2.24, 2.45) is 0 Å². The fourth-order valence-corrected chi connectivity index (χ4v) is 3.91. The van der Waals surface area contributed by atoms with Gasteiger partial charge in [-0.15, -0.1) is 0 Å². The molecular weight excluding hydrogens is 378 g/mol. The lowest BCUT2D eigenvalue weighted by Gasteiger charge is -2.28. The predicted molar refractivity (Wildman–Crippen MR) is 116 cm³/mol. The van der Waals surface area contributed by atoms with E-state index < -0.39 is 0 Å². The summed E-state index contributed by atoms with van der Waals surface area (Å²) in [5.41, 5.74) is 3.95. The second-order valence-corrected chi connectivity index (χ2v) is 8.04. The molecule has 1 aromatic carbocycles. The van der Waals surface area contributed by atoms with Gasteiger partial charge in [-0.2, -0.15) is 0 Å². The van der Waals surface area contributed by atoms with Gasteiger partial charge in [0, 0.05) is 24.7 Å². The number of hydrogen-bond donors (Lipinski definition) is 0. The molecular formula is C24H29N3O3. The molecule has 0 spiro atoms. The first kappa shape index (κ1) is 20.3. The maximum atomic E-state index is 13.2. The first-order chi connectivity index (χ1) is 14.6. The van der Waals surface area contributed by atoms with E-state index in [1.54, 1.807) is 12.1 Å². The summed E-state index contributed by atoms with van der Waals surface area (Å²) in [7, 11) is 0.